The number of nitrogens with one attached hydrogen (secondary N) is 1. The van der Waals surface area contributed by atoms with Crippen LogP contribution in [0, 0.1) is 12.8 Å². The van der Waals surface area contributed by atoms with Crippen molar-refractivity contribution in [2.24, 2.45) is 11.7 Å². The average Bonchev–Trinajstić information content (AvgIpc) is 2.22. The van der Waals surface area contributed by atoms with Crippen LogP contribution in [0.4, 0.5) is 5.69 Å². The van der Waals surface area contributed by atoms with Gasteiger partial charge in [0, 0.05) is 4.47 Å². The first-order chi connectivity index (χ1) is 7.41. The summed E-state index contributed by atoms with van der Waals surface area (Å²) in [6, 6.07) is 5.72. The van der Waals surface area contributed by atoms with Gasteiger partial charge in [0.2, 0.25) is 5.91 Å². The molecule has 1 aromatic carbocycles. The molecule has 0 aliphatic heterocycles. The van der Waals surface area contributed by atoms with Crippen molar-refractivity contribution < 1.29 is 4.79 Å². The van der Waals surface area contributed by atoms with E-state index in [-0.39, 0.29) is 10.9 Å². The predicted octanol–water partition coefficient (Wildman–Crippen LogP) is 2.62. The number of rotatable bonds is 3. The smallest absolute Gasteiger partial charge is 0.234 e. The molecule has 3 nitrogen and oxygen atoms in total. The number of thiocarbonyl (C=S) groups is 1. The molecule has 86 valence electrons. The van der Waals surface area contributed by atoms with Crippen LogP contribution in [0.5, 0.6) is 0 Å². The third-order valence-corrected chi connectivity index (χ3v) is 3.24. The molecule has 0 saturated heterocycles. The van der Waals surface area contributed by atoms with E-state index in [0.717, 1.165) is 15.7 Å². The fourth-order valence-corrected chi connectivity index (χ4v) is 1.56. The lowest BCUT2D eigenvalue weighted by molar-refractivity contribution is -0.117. The first-order valence-electron chi connectivity index (χ1n) is 4.78. The Hall–Kier alpha value is -0.940. The van der Waals surface area contributed by atoms with Gasteiger partial charge in [0.15, 0.2) is 0 Å². The maximum atomic E-state index is 11.7. The molecule has 1 unspecified atom stereocenters. The summed E-state index contributed by atoms with van der Waals surface area (Å²) < 4.78 is 0.835. The minimum atomic E-state index is -0.470. The molecule has 0 aromatic heterocycles. The number of benzene rings is 1. The molecule has 1 amide bonds. The second kappa shape index (κ2) is 5.41. The van der Waals surface area contributed by atoms with E-state index >= 15 is 0 Å². The Kier molecular flexibility index (Phi) is 4.44. The minimum Gasteiger partial charge on any atom is -0.393 e. The summed E-state index contributed by atoms with van der Waals surface area (Å²) in [4.78, 5) is 11.9. The molecule has 1 rings (SSSR count). The molecular weight excluding hydrogens is 288 g/mol. The molecule has 1 aromatic rings. The van der Waals surface area contributed by atoms with Crippen molar-refractivity contribution in [3.63, 3.8) is 0 Å². The molecule has 0 saturated carbocycles. The average molecular weight is 301 g/mol. The molecule has 5 heteroatoms. The summed E-state index contributed by atoms with van der Waals surface area (Å²) in [6.07, 6.45) is 0. The van der Waals surface area contributed by atoms with Crippen LogP contribution >= 0.6 is 28.1 Å². The molecule has 0 heterocycles. The Bertz CT molecular complexity index is 434. The number of anilines is 1. The zero-order valence-corrected chi connectivity index (χ0v) is 11.5. The molecule has 3 N–H and O–H groups in total. The maximum Gasteiger partial charge on any atom is 0.234 e. The zero-order valence-electron chi connectivity index (χ0n) is 9.08. The highest BCUT2D eigenvalue weighted by atomic mass is 79.9. The second-order valence-corrected chi connectivity index (χ2v) is 4.92. The van der Waals surface area contributed by atoms with E-state index < -0.39 is 5.92 Å². The van der Waals surface area contributed by atoms with E-state index in [1.807, 2.05) is 25.1 Å². The van der Waals surface area contributed by atoms with Gasteiger partial charge in [-0.1, -0.05) is 18.3 Å². The molecule has 16 heavy (non-hydrogen) atoms. The van der Waals surface area contributed by atoms with Crippen molar-refractivity contribution in [3.05, 3.63) is 28.2 Å². The van der Waals surface area contributed by atoms with Crippen LogP contribution in [-0.4, -0.2) is 10.9 Å². The van der Waals surface area contributed by atoms with Gasteiger partial charge < -0.3 is 11.1 Å². The topological polar surface area (TPSA) is 55.1 Å². The highest BCUT2D eigenvalue weighted by Crippen LogP contribution is 2.23. The van der Waals surface area contributed by atoms with Gasteiger partial charge in [0.05, 0.1) is 16.6 Å². The SMILES string of the molecule is Cc1ccc(Br)c(NC(=O)C(C)C(N)=S)c1. The van der Waals surface area contributed by atoms with E-state index in [9.17, 15) is 4.79 Å². The van der Waals surface area contributed by atoms with Gasteiger partial charge in [0.25, 0.3) is 0 Å². The van der Waals surface area contributed by atoms with E-state index in [1.165, 1.54) is 0 Å². The lowest BCUT2D eigenvalue weighted by Crippen LogP contribution is -2.30. The van der Waals surface area contributed by atoms with Gasteiger partial charge in [-0.25, -0.2) is 0 Å². The Balaban J connectivity index is 2.84. The summed E-state index contributed by atoms with van der Waals surface area (Å²) in [7, 11) is 0. The number of nitrogens with two attached hydrogens (primary N) is 1. The van der Waals surface area contributed by atoms with Crippen molar-refractivity contribution in [2.45, 2.75) is 13.8 Å². The lowest BCUT2D eigenvalue weighted by Gasteiger charge is -2.12. The zero-order chi connectivity index (χ0) is 12.3. The molecule has 0 radical (unpaired) electrons. The van der Waals surface area contributed by atoms with Gasteiger partial charge in [-0.2, -0.15) is 0 Å². The minimum absolute atomic E-state index is 0.196. The van der Waals surface area contributed by atoms with Crippen LogP contribution in [0.2, 0.25) is 0 Å². The van der Waals surface area contributed by atoms with Crippen LogP contribution in [0.3, 0.4) is 0 Å². The number of halogens is 1. The van der Waals surface area contributed by atoms with Crippen molar-refractivity contribution in [1.29, 1.82) is 0 Å². The summed E-state index contributed by atoms with van der Waals surface area (Å²) in [5.41, 5.74) is 7.22. The highest BCUT2D eigenvalue weighted by molar-refractivity contribution is 9.10. The van der Waals surface area contributed by atoms with Crippen LogP contribution in [-0.2, 0) is 4.79 Å². The first-order valence-corrected chi connectivity index (χ1v) is 5.98. The maximum absolute atomic E-state index is 11.7. The number of carbonyl (C=O) groups excluding carboxylic acids is 1. The van der Waals surface area contributed by atoms with Crippen LogP contribution < -0.4 is 11.1 Å². The number of aryl methyl sites for hydroxylation is 1. The van der Waals surface area contributed by atoms with Crippen LogP contribution in [0.1, 0.15) is 12.5 Å². The number of amides is 1. The fourth-order valence-electron chi connectivity index (χ4n) is 1.11. The summed E-state index contributed by atoms with van der Waals surface area (Å²) >= 11 is 8.14. The van der Waals surface area contributed by atoms with E-state index in [1.54, 1.807) is 6.92 Å². The fraction of sp³-hybridized carbons (Fsp3) is 0.273. The summed E-state index contributed by atoms with van der Waals surface area (Å²) in [5, 5.41) is 2.78. The normalized spacial score (nSPS) is 11.9. The molecule has 0 fully saturated rings. The predicted molar refractivity (Wildman–Crippen MR) is 73.5 cm³/mol. The molecule has 0 spiro atoms. The number of hydrogen-bond donors (Lipinski definition) is 2. The second-order valence-electron chi connectivity index (χ2n) is 3.60. The lowest BCUT2D eigenvalue weighted by atomic mass is 10.1. The van der Waals surface area contributed by atoms with Crippen molar-refractivity contribution in [3.8, 4) is 0 Å². The Morgan fingerprint density at radius 2 is 2.19 bits per heavy atom. The monoisotopic (exact) mass is 300 g/mol. The Labute approximate surface area is 109 Å². The Morgan fingerprint density at radius 1 is 1.56 bits per heavy atom. The van der Waals surface area contributed by atoms with E-state index in [2.05, 4.69) is 21.2 Å². The molecular formula is C11H13BrN2OS. The van der Waals surface area contributed by atoms with E-state index in [4.69, 9.17) is 18.0 Å². The van der Waals surface area contributed by atoms with Gasteiger partial charge in [0.1, 0.15) is 0 Å². The van der Waals surface area contributed by atoms with Crippen LogP contribution in [0.15, 0.2) is 22.7 Å². The first kappa shape index (κ1) is 13.1. The number of hydrogen-bond acceptors (Lipinski definition) is 2. The van der Waals surface area contributed by atoms with Gasteiger partial charge >= 0.3 is 0 Å². The van der Waals surface area contributed by atoms with Crippen molar-refractivity contribution in [2.75, 3.05) is 5.32 Å². The van der Waals surface area contributed by atoms with Crippen molar-refractivity contribution in [1.82, 2.24) is 0 Å². The molecule has 0 aliphatic rings. The third kappa shape index (κ3) is 3.28. The summed E-state index contributed by atoms with van der Waals surface area (Å²) in [6.45, 7) is 3.64. The standard InChI is InChI=1S/C11H13BrN2OS/c1-6-3-4-8(12)9(5-6)14-11(15)7(2)10(13)16/h3-5,7H,1-2H3,(H2,13,16)(H,14,15). The molecule has 0 aliphatic carbocycles. The van der Waals surface area contributed by atoms with Gasteiger partial charge in [-0.3, -0.25) is 4.79 Å². The largest absolute Gasteiger partial charge is 0.393 e. The third-order valence-electron chi connectivity index (χ3n) is 2.20. The van der Waals surface area contributed by atoms with E-state index in [0.29, 0.717) is 0 Å². The van der Waals surface area contributed by atoms with Crippen LogP contribution in [0.25, 0.3) is 0 Å². The van der Waals surface area contributed by atoms with Gasteiger partial charge in [-0.15, -0.1) is 0 Å². The highest BCUT2D eigenvalue weighted by Gasteiger charge is 2.16. The number of carbonyl (C=O) groups is 1. The quantitative estimate of drug-likeness (QED) is 0.844. The Morgan fingerprint density at radius 3 is 2.75 bits per heavy atom. The molecule has 0 bridgehead atoms. The molecule has 1 atom stereocenters. The van der Waals surface area contributed by atoms with Gasteiger partial charge in [-0.05, 0) is 47.5 Å². The van der Waals surface area contributed by atoms with Crippen molar-refractivity contribution >= 4 is 44.7 Å². The summed E-state index contributed by atoms with van der Waals surface area (Å²) in [5.74, 6) is -0.666.